The lowest BCUT2D eigenvalue weighted by Gasteiger charge is -2.18. The van der Waals surface area contributed by atoms with Crippen molar-refractivity contribution < 1.29 is 27.5 Å². The quantitative estimate of drug-likeness (QED) is 0.493. The predicted molar refractivity (Wildman–Crippen MR) is 121 cm³/mol. The monoisotopic (exact) mass is 463 g/mol. The number of ether oxygens (including phenoxy) is 2. The lowest BCUT2D eigenvalue weighted by atomic mass is 10.1. The Bertz CT molecular complexity index is 1060. The number of likely N-dealkylation sites (N-methyl/N-ethyl adjacent to an activating group) is 1. The molecule has 0 aliphatic carbocycles. The highest BCUT2D eigenvalue weighted by Crippen LogP contribution is 2.27. The second kappa shape index (κ2) is 11.5. The molecule has 2 aromatic carbocycles. The zero-order chi connectivity index (χ0) is 23.7. The Morgan fingerprint density at radius 3 is 2.50 bits per heavy atom. The van der Waals surface area contributed by atoms with Gasteiger partial charge in [-0.1, -0.05) is 18.2 Å². The van der Waals surface area contributed by atoms with Crippen molar-refractivity contribution in [3.8, 4) is 5.75 Å². The number of rotatable bonds is 11. The summed E-state index contributed by atoms with van der Waals surface area (Å²) in [6.07, 6.45) is 0.665. The normalized spacial score (nSPS) is 11.0. The molecule has 0 aliphatic heterocycles. The minimum atomic E-state index is -3.99. The molecule has 0 aromatic heterocycles. The lowest BCUT2D eigenvalue weighted by molar-refractivity contribution is -0.121. The van der Waals surface area contributed by atoms with E-state index in [0.717, 1.165) is 0 Å². The van der Waals surface area contributed by atoms with Gasteiger partial charge in [0.2, 0.25) is 5.91 Å². The first-order chi connectivity index (χ1) is 15.2. The zero-order valence-corrected chi connectivity index (χ0v) is 19.5. The number of anilines is 1. The van der Waals surface area contributed by atoms with Crippen LogP contribution in [0, 0.1) is 6.92 Å². The maximum absolute atomic E-state index is 13.0. The van der Waals surface area contributed by atoms with Gasteiger partial charge in [0.15, 0.2) is 0 Å². The molecule has 0 unspecified atom stereocenters. The highest BCUT2D eigenvalue weighted by Gasteiger charge is 2.22. The Hall–Kier alpha value is -3.11. The van der Waals surface area contributed by atoms with Crippen LogP contribution in [0.2, 0.25) is 0 Å². The number of para-hydroxylation sites is 2. The standard InChI is InChI=1S/C22H29N3O6S/c1-16-10-11-17(22(27)25(2)15-21(26)23-12-7-13-30-3)14-20(16)32(28,29)24-18-8-5-6-9-19(18)31-4/h5-6,8-11,14,24H,7,12-13,15H2,1-4H3,(H,23,26). The number of sulfonamides is 1. The number of carbonyl (C=O) groups is 2. The molecular weight excluding hydrogens is 434 g/mol. The first kappa shape index (κ1) is 25.2. The molecule has 0 atom stereocenters. The van der Waals surface area contributed by atoms with Crippen LogP contribution in [-0.2, 0) is 19.6 Å². The van der Waals surface area contributed by atoms with E-state index in [1.165, 1.54) is 31.2 Å². The minimum absolute atomic E-state index is 0.0355. The van der Waals surface area contributed by atoms with Gasteiger partial charge < -0.3 is 19.7 Å². The summed E-state index contributed by atoms with van der Waals surface area (Å²) >= 11 is 0. The van der Waals surface area contributed by atoms with Gasteiger partial charge >= 0.3 is 0 Å². The molecule has 2 N–H and O–H groups in total. The average Bonchev–Trinajstić information content (AvgIpc) is 2.76. The Kier molecular flexibility index (Phi) is 9.03. The van der Waals surface area contributed by atoms with Crippen LogP contribution in [0.15, 0.2) is 47.4 Å². The van der Waals surface area contributed by atoms with Crippen molar-refractivity contribution in [3.05, 3.63) is 53.6 Å². The van der Waals surface area contributed by atoms with Crippen molar-refractivity contribution in [2.75, 3.05) is 45.7 Å². The molecule has 2 rings (SSSR count). The number of aryl methyl sites for hydroxylation is 1. The van der Waals surface area contributed by atoms with Gasteiger partial charge in [-0.3, -0.25) is 14.3 Å². The summed E-state index contributed by atoms with van der Waals surface area (Å²) in [6, 6.07) is 11.0. The van der Waals surface area contributed by atoms with Crippen LogP contribution in [-0.4, -0.2) is 66.1 Å². The number of methoxy groups -OCH3 is 2. The second-order valence-electron chi connectivity index (χ2n) is 7.14. The fraction of sp³-hybridized carbons (Fsp3) is 0.364. The van der Waals surface area contributed by atoms with E-state index in [2.05, 4.69) is 10.0 Å². The number of amides is 2. The van der Waals surface area contributed by atoms with Crippen LogP contribution in [0.25, 0.3) is 0 Å². The maximum atomic E-state index is 13.0. The highest BCUT2D eigenvalue weighted by molar-refractivity contribution is 7.92. The topological polar surface area (TPSA) is 114 Å². The summed E-state index contributed by atoms with van der Waals surface area (Å²) in [5.74, 6) is -0.405. The Morgan fingerprint density at radius 1 is 1.09 bits per heavy atom. The van der Waals surface area contributed by atoms with Gasteiger partial charge in [0.25, 0.3) is 15.9 Å². The largest absolute Gasteiger partial charge is 0.495 e. The van der Waals surface area contributed by atoms with Crippen molar-refractivity contribution in [3.63, 3.8) is 0 Å². The number of nitrogens with zero attached hydrogens (tertiary/aromatic N) is 1. The molecule has 0 saturated carbocycles. The van der Waals surface area contributed by atoms with Crippen molar-refractivity contribution in [2.45, 2.75) is 18.2 Å². The fourth-order valence-corrected chi connectivity index (χ4v) is 4.30. The van der Waals surface area contributed by atoms with Gasteiger partial charge in [-0.25, -0.2) is 8.42 Å². The molecular formula is C22H29N3O6S. The van der Waals surface area contributed by atoms with E-state index in [0.29, 0.717) is 30.9 Å². The van der Waals surface area contributed by atoms with Crippen LogP contribution in [0.4, 0.5) is 5.69 Å². The van der Waals surface area contributed by atoms with Crippen molar-refractivity contribution in [1.29, 1.82) is 0 Å². The number of benzene rings is 2. The van der Waals surface area contributed by atoms with Crippen LogP contribution in [0.5, 0.6) is 5.75 Å². The van der Waals surface area contributed by atoms with Gasteiger partial charge in [0.1, 0.15) is 5.75 Å². The molecule has 0 fully saturated rings. The van der Waals surface area contributed by atoms with E-state index < -0.39 is 15.9 Å². The molecule has 0 heterocycles. The molecule has 0 saturated heterocycles. The van der Waals surface area contributed by atoms with E-state index in [1.807, 2.05) is 0 Å². The van der Waals surface area contributed by atoms with Crippen molar-refractivity contribution in [1.82, 2.24) is 10.2 Å². The lowest BCUT2D eigenvalue weighted by Crippen LogP contribution is -2.38. The SMILES string of the molecule is COCCCNC(=O)CN(C)C(=O)c1ccc(C)c(S(=O)(=O)Nc2ccccc2OC)c1. The highest BCUT2D eigenvalue weighted by atomic mass is 32.2. The van der Waals surface area contributed by atoms with Crippen molar-refractivity contribution >= 4 is 27.5 Å². The molecule has 0 aliphatic rings. The van der Waals surface area contributed by atoms with E-state index >= 15 is 0 Å². The third-order valence-corrected chi connectivity index (χ3v) is 6.16. The molecule has 2 amide bonds. The first-order valence-electron chi connectivity index (χ1n) is 9.97. The molecule has 10 heteroatoms. The minimum Gasteiger partial charge on any atom is -0.495 e. The number of hydrogen-bond acceptors (Lipinski definition) is 6. The predicted octanol–water partition coefficient (Wildman–Crippen LogP) is 2.03. The molecule has 9 nitrogen and oxygen atoms in total. The summed E-state index contributed by atoms with van der Waals surface area (Å²) in [7, 11) is 0.519. The van der Waals surface area contributed by atoms with Gasteiger partial charge in [0.05, 0.1) is 24.2 Å². The number of hydrogen-bond donors (Lipinski definition) is 2. The summed E-state index contributed by atoms with van der Waals surface area (Å²) in [6.45, 7) is 2.46. The first-order valence-corrected chi connectivity index (χ1v) is 11.5. The van der Waals surface area contributed by atoms with E-state index in [-0.39, 0.29) is 28.6 Å². The van der Waals surface area contributed by atoms with Crippen LogP contribution in [0.3, 0.4) is 0 Å². The Labute approximate surface area is 188 Å². The molecule has 174 valence electrons. The molecule has 32 heavy (non-hydrogen) atoms. The van der Waals surface area contributed by atoms with Crippen LogP contribution >= 0.6 is 0 Å². The van der Waals surface area contributed by atoms with E-state index in [1.54, 1.807) is 44.4 Å². The smallest absolute Gasteiger partial charge is 0.262 e. The van der Waals surface area contributed by atoms with Gasteiger partial charge in [-0.2, -0.15) is 0 Å². The van der Waals surface area contributed by atoms with Gasteiger partial charge in [0, 0.05) is 32.9 Å². The van der Waals surface area contributed by atoms with E-state index in [9.17, 15) is 18.0 Å². The second-order valence-corrected chi connectivity index (χ2v) is 8.79. The summed E-state index contributed by atoms with van der Waals surface area (Å²) in [5, 5.41) is 2.71. The molecule has 0 bridgehead atoms. The summed E-state index contributed by atoms with van der Waals surface area (Å²) in [5.41, 5.74) is 0.918. The van der Waals surface area contributed by atoms with E-state index in [4.69, 9.17) is 9.47 Å². The summed E-state index contributed by atoms with van der Waals surface area (Å²) in [4.78, 5) is 26.0. The van der Waals surface area contributed by atoms with Crippen molar-refractivity contribution in [2.24, 2.45) is 0 Å². The average molecular weight is 464 g/mol. The summed E-state index contributed by atoms with van der Waals surface area (Å²) < 4.78 is 38.7. The zero-order valence-electron chi connectivity index (χ0n) is 18.7. The Balaban J connectivity index is 2.17. The van der Waals surface area contributed by atoms with Crippen LogP contribution in [0.1, 0.15) is 22.3 Å². The Morgan fingerprint density at radius 2 is 1.81 bits per heavy atom. The molecule has 0 radical (unpaired) electrons. The van der Waals surface area contributed by atoms with Gasteiger partial charge in [-0.05, 0) is 43.2 Å². The molecule has 2 aromatic rings. The van der Waals surface area contributed by atoms with Crippen LogP contribution < -0.4 is 14.8 Å². The molecule has 0 spiro atoms. The third-order valence-electron chi connectivity index (χ3n) is 4.65. The fourth-order valence-electron chi connectivity index (χ4n) is 2.96. The number of carbonyl (C=O) groups excluding carboxylic acids is 2. The van der Waals surface area contributed by atoms with Gasteiger partial charge in [-0.15, -0.1) is 0 Å². The number of nitrogens with one attached hydrogen (secondary N) is 2. The maximum Gasteiger partial charge on any atom is 0.262 e. The third kappa shape index (κ3) is 6.69.